The number of methoxy groups -OCH3 is 2. The third-order valence-corrected chi connectivity index (χ3v) is 6.69. The zero-order valence-electron chi connectivity index (χ0n) is 17.6. The number of piperazine rings is 1. The van der Waals surface area contributed by atoms with Crippen molar-refractivity contribution in [2.75, 3.05) is 50.6 Å². The van der Waals surface area contributed by atoms with Crippen molar-refractivity contribution >= 4 is 57.0 Å². The Labute approximate surface area is 200 Å². The highest BCUT2D eigenvalue weighted by Crippen LogP contribution is 2.32. The summed E-state index contributed by atoms with van der Waals surface area (Å²) in [6.45, 7) is 2.64. The summed E-state index contributed by atoms with van der Waals surface area (Å²) in [5, 5.41) is 6.69. The number of hydrogen-bond donors (Lipinski definition) is 1. The van der Waals surface area contributed by atoms with Gasteiger partial charge in [-0.05, 0) is 30.3 Å². The Hall–Kier alpha value is -2.68. The van der Waals surface area contributed by atoms with E-state index < -0.39 is 0 Å². The summed E-state index contributed by atoms with van der Waals surface area (Å²) in [7, 11) is 3.18. The molecule has 32 heavy (non-hydrogen) atoms. The van der Waals surface area contributed by atoms with Crippen LogP contribution in [0.2, 0.25) is 10.0 Å². The summed E-state index contributed by atoms with van der Waals surface area (Å²) in [4.78, 5) is 21.4. The van der Waals surface area contributed by atoms with E-state index in [1.807, 2.05) is 35.2 Å². The molecule has 0 bridgehead atoms. The first-order chi connectivity index (χ1) is 15.5. The number of carbonyl (C=O) groups is 1. The molecular weight excluding hydrogens is 471 g/mol. The van der Waals surface area contributed by atoms with E-state index in [1.165, 1.54) is 11.3 Å². The molecule has 1 aromatic heterocycles. The molecule has 1 N–H and O–H groups in total. The Kier molecular flexibility index (Phi) is 6.93. The second-order valence-electron chi connectivity index (χ2n) is 7.11. The Morgan fingerprint density at radius 3 is 2.44 bits per heavy atom. The van der Waals surface area contributed by atoms with Crippen LogP contribution in [-0.2, 0) is 0 Å². The summed E-state index contributed by atoms with van der Waals surface area (Å²) in [5.41, 5.74) is 2.23. The van der Waals surface area contributed by atoms with Gasteiger partial charge in [0.15, 0.2) is 16.6 Å². The van der Waals surface area contributed by atoms with Gasteiger partial charge in [0.2, 0.25) is 0 Å². The number of anilines is 3. The molecule has 1 aliphatic heterocycles. The van der Waals surface area contributed by atoms with Gasteiger partial charge in [-0.2, -0.15) is 0 Å². The molecule has 1 aliphatic rings. The predicted molar refractivity (Wildman–Crippen MR) is 130 cm³/mol. The van der Waals surface area contributed by atoms with E-state index in [-0.39, 0.29) is 5.91 Å². The van der Waals surface area contributed by atoms with Gasteiger partial charge in [0.05, 0.1) is 24.3 Å². The number of amides is 1. The van der Waals surface area contributed by atoms with Crippen molar-refractivity contribution in [2.45, 2.75) is 0 Å². The van der Waals surface area contributed by atoms with Crippen LogP contribution in [0.3, 0.4) is 0 Å². The fourth-order valence-corrected chi connectivity index (χ4v) is 4.48. The Balaban J connectivity index is 1.37. The fraction of sp³-hybridized carbons (Fsp3) is 0.273. The first-order valence-corrected chi connectivity index (χ1v) is 11.6. The quantitative estimate of drug-likeness (QED) is 0.511. The normalized spacial score (nSPS) is 13.8. The van der Waals surface area contributed by atoms with Crippen molar-refractivity contribution in [3.05, 3.63) is 57.5 Å². The molecule has 0 aliphatic carbocycles. The van der Waals surface area contributed by atoms with Gasteiger partial charge in [-0.3, -0.25) is 4.79 Å². The number of benzene rings is 2. The van der Waals surface area contributed by atoms with Crippen LogP contribution in [-0.4, -0.2) is 56.2 Å². The van der Waals surface area contributed by atoms with Crippen molar-refractivity contribution in [3.8, 4) is 11.5 Å². The van der Waals surface area contributed by atoms with Crippen LogP contribution in [0.4, 0.5) is 16.5 Å². The predicted octanol–water partition coefficient (Wildman–Crippen LogP) is 5.17. The molecule has 0 spiro atoms. The first-order valence-electron chi connectivity index (χ1n) is 9.92. The van der Waals surface area contributed by atoms with Crippen LogP contribution in [0.5, 0.6) is 11.5 Å². The second kappa shape index (κ2) is 9.85. The SMILES string of the molecule is COc1ccc(Nc2nc(C(=O)N3CCN(c4ccc(Cl)c(Cl)c4)CC3)cs2)cc1OC. The van der Waals surface area contributed by atoms with Crippen LogP contribution in [0.25, 0.3) is 0 Å². The summed E-state index contributed by atoms with van der Waals surface area (Å²) in [6.07, 6.45) is 0. The van der Waals surface area contributed by atoms with Gasteiger partial charge in [0.1, 0.15) is 5.69 Å². The highest BCUT2D eigenvalue weighted by Gasteiger charge is 2.24. The summed E-state index contributed by atoms with van der Waals surface area (Å²) in [5.74, 6) is 1.19. The largest absolute Gasteiger partial charge is 0.493 e. The minimum atomic E-state index is -0.0737. The van der Waals surface area contributed by atoms with Gasteiger partial charge in [0.25, 0.3) is 5.91 Å². The molecule has 0 unspecified atom stereocenters. The van der Waals surface area contributed by atoms with Crippen molar-refractivity contribution in [3.63, 3.8) is 0 Å². The summed E-state index contributed by atoms with van der Waals surface area (Å²) < 4.78 is 10.6. The van der Waals surface area contributed by atoms with E-state index in [0.717, 1.165) is 11.4 Å². The highest BCUT2D eigenvalue weighted by molar-refractivity contribution is 7.14. The molecule has 10 heteroatoms. The maximum atomic E-state index is 12.9. The number of ether oxygens (including phenoxy) is 2. The number of nitrogens with one attached hydrogen (secondary N) is 1. The molecule has 1 saturated heterocycles. The molecule has 168 valence electrons. The Morgan fingerprint density at radius 1 is 1.00 bits per heavy atom. The van der Waals surface area contributed by atoms with Gasteiger partial charge in [-0.15, -0.1) is 11.3 Å². The van der Waals surface area contributed by atoms with Crippen molar-refractivity contribution in [2.24, 2.45) is 0 Å². The zero-order chi connectivity index (χ0) is 22.7. The van der Waals surface area contributed by atoms with Crippen LogP contribution in [0.1, 0.15) is 10.5 Å². The van der Waals surface area contributed by atoms with Crippen molar-refractivity contribution in [1.82, 2.24) is 9.88 Å². The summed E-state index contributed by atoms with van der Waals surface area (Å²) >= 11 is 13.5. The number of nitrogens with zero attached hydrogens (tertiary/aromatic N) is 3. The molecule has 1 fully saturated rings. The lowest BCUT2D eigenvalue weighted by Gasteiger charge is -2.36. The van der Waals surface area contributed by atoms with Crippen molar-refractivity contribution < 1.29 is 14.3 Å². The number of hydrogen-bond acceptors (Lipinski definition) is 7. The number of rotatable bonds is 6. The molecule has 7 nitrogen and oxygen atoms in total. The number of halogens is 2. The molecule has 1 amide bonds. The highest BCUT2D eigenvalue weighted by atomic mass is 35.5. The van der Waals surface area contributed by atoms with Crippen molar-refractivity contribution in [1.29, 1.82) is 0 Å². The minimum Gasteiger partial charge on any atom is -0.493 e. The molecule has 0 radical (unpaired) electrons. The lowest BCUT2D eigenvalue weighted by Crippen LogP contribution is -2.48. The molecule has 2 heterocycles. The second-order valence-corrected chi connectivity index (χ2v) is 8.78. The van der Waals surface area contributed by atoms with Gasteiger partial charge >= 0.3 is 0 Å². The van der Waals surface area contributed by atoms with E-state index in [9.17, 15) is 4.79 Å². The zero-order valence-corrected chi connectivity index (χ0v) is 19.9. The summed E-state index contributed by atoms with van der Waals surface area (Å²) in [6, 6.07) is 11.1. The fourth-order valence-electron chi connectivity index (χ4n) is 3.48. The van der Waals surface area contributed by atoms with E-state index in [0.29, 0.717) is 58.5 Å². The van der Waals surface area contributed by atoms with Crippen LogP contribution >= 0.6 is 34.5 Å². The van der Waals surface area contributed by atoms with Gasteiger partial charge < -0.3 is 24.6 Å². The van der Waals surface area contributed by atoms with Crippen LogP contribution in [0.15, 0.2) is 41.8 Å². The molecule has 0 saturated carbocycles. The minimum absolute atomic E-state index is 0.0737. The monoisotopic (exact) mass is 492 g/mol. The number of thiazole rings is 1. The standard InChI is InChI=1S/C22H22Cl2N4O3S/c1-30-19-6-3-14(11-20(19)31-2)25-22-26-18(13-32-22)21(29)28-9-7-27(8-10-28)15-4-5-16(23)17(24)12-15/h3-6,11-13H,7-10H2,1-2H3,(H,25,26). The number of carbonyl (C=O) groups excluding carboxylic acids is 1. The smallest absolute Gasteiger partial charge is 0.273 e. The third-order valence-electron chi connectivity index (χ3n) is 5.19. The maximum absolute atomic E-state index is 12.9. The maximum Gasteiger partial charge on any atom is 0.273 e. The average Bonchev–Trinajstić information content (AvgIpc) is 3.28. The first kappa shape index (κ1) is 22.5. The molecule has 4 rings (SSSR count). The molecule has 0 atom stereocenters. The Morgan fingerprint density at radius 2 is 1.75 bits per heavy atom. The lowest BCUT2D eigenvalue weighted by molar-refractivity contribution is 0.0742. The lowest BCUT2D eigenvalue weighted by atomic mass is 10.2. The molecule has 3 aromatic rings. The number of aromatic nitrogens is 1. The Bertz CT molecular complexity index is 1120. The van der Waals surface area contributed by atoms with Gasteiger partial charge in [0, 0.05) is 49.0 Å². The van der Waals surface area contributed by atoms with E-state index >= 15 is 0 Å². The third kappa shape index (κ3) is 4.87. The molecular formula is C22H22Cl2N4O3S. The average molecular weight is 493 g/mol. The molecule has 2 aromatic carbocycles. The van der Waals surface area contributed by atoms with Crippen LogP contribution in [0, 0.1) is 0 Å². The topological polar surface area (TPSA) is 66.9 Å². The van der Waals surface area contributed by atoms with Crippen LogP contribution < -0.4 is 19.7 Å². The van der Waals surface area contributed by atoms with Gasteiger partial charge in [-0.1, -0.05) is 23.2 Å². The van der Waals surface area contributed by atoms with E-state index in [4.69, 9.17) is 32.7 Å². The van der Waals surface area contributed by atoms with E-state index in [2.05, 4.69) is 15.2 Å². The van der Waals surface area contributed by atoms with Gasteiger partial charge in [-0.25, -0.2) is 4.98 Å². The van der Waals surface area contributed by atoms with E-state index in [1.54, 1.807) is 25.7 Å².